The lowest BCUT2D eigenvalue weighted by Gasteiger charge is -2.09. The van der Waals surface area contributed by atoms with Gasteiger partial charge in [-0.3, -0.25) is 0 Å². The first-order valence-electron chi connectivity index (χ1n) is 4.72. The van der Waals surface area contributed by atoms with E-state index < -0.39 is 0 Å². The van der Waals surface area contributed by atoms with E-state index >= 15 is 0 Å². The van der Waals surface area contributed by atoms with Crippen LogP contribution < -0.4 is 10.5 Å². The van der Waals surface area contributed by atoms with Crippen molar-refractivity contribution in [1.82, 2.24) is 0 Å². The van der Waals surface area contributed by atoms with Crippen molar-refractivity contribution >= 4 is 0 Å². The molecule has 2 N–H and O–H groups in total. The van der Waals surface area contributed by atoms with Crippen molar-refractivity contribution in [2.24, 2.45) is 5.73 Å². The molecule has 76 valence electrons. The standard InChI is InChI=1S/C12H17NO/c1-9(2)8-14-12-6-4-5-11(7-12)10(3)13/h4-7,10H,1,8,13H2,2-3H3/t10-/m1/s1. The molecular weight excluding hydrogens is 174 g/mol. The minimum atomic E-state index is 0.0448. The summed E-state index contributed by atoms with van der Waals surface area (Å²) in [5, 5.41) is 0. The highest BCUT2D eigenvalue weighted by atomic mass is 16.5. The summed E-state index contributed by atoms with van der Waals surface area (Å²) in [4.78, 5) is 0. The van der Waals surface area contributed by atoms with Crippen molar-refractivity contribution in [3.05, 3.63) is 42.0 Å². The maximum atomic E-state index is 5.77. The zero-order valence-corrected chi connectivity index (χ0v) is 8.79. The van der Waals surface area contributed by atoms with Crippen molar-refractivity contribution in [2.75, 3.05) is 6.61 Å². The Balaban J connectivity index is 2.68. The van der Waals surface area contributed by atoms with E-state index in [9.17, 15) is 0 Å². The summed E-state index contributed by atoms with van der Waals surface area (Å²) in [5.41, 5.74) is 7.86. The van der Waals surface area contributed by atoms with Crippen molar-refractivity contribution in [2.45, 2.75) is 19.9 Å². The summed E-state index contributed by atoms with van der Waals surface area (Å²) < 4.78 is 5.50. The number of rotatable bonds is 4. The molecule has 1 atom stereocenters. The average Bonchev–Trinajstić information content (AvgIpc) is 2.15. The zero-order valence-electron chi connectivity index (χ0n) is 8.79. The Morgan fingerprint density at radius 2 is 2.29 bits per heavy atom. The largest absolute Gasteiger partial charge is 0.489 e. The van der Waals surface area contributed by atoms with Gasteiger partial charge in [0.25, 0.3) is 0 Å². The molecule has 0 fully saturated rings. The molecule has 0 saturated heterocycles. The molecule has 0 spiro atoms. The van der Waals surface area contributed by atoms with Gasteiger partial charge in [-0.15, -0.1) is 0 Å². The summed E-state index contributed by atoms with van der Waals surface area (Å²) in [7, 11) is 0. The number of nitrogens with two attached hydrogens (primary N) is 1. The molecule has 0 radical (unpaired) electrons. The summed E-state index contributed by atoms with van der Waals surface area (Å²) in [6.45, 7) is 8.23. The van der Waals surface area contributed by atoms with Crippen LogP contribution in [0.3, 0.4) is 0 Å². The van der Waals surface area contributed by atoms with Crippen LogP contribution in [0.15, 0.2) is 36.4 Å². The fourth-order valence-electron chi connectivity index (χ4n) is 1.09. The number of hydrogen-bond donors (Lipinski definition) is 1. The molecule has 0 saturated carbocycles. The predicted octanol–water partition coefficient (Wildman–Crippen LogP) is 2.66. The topological polar surface area (TPSA) is 35.2 Å². The van der Waals surface area contributed by atoms with Gasteiger partial charge in [-0.2, -0.15) is 0 Å². The highest BCUT2D eigenvalue weighted by Crippen LogP contribution is 2.17. The monoisotopic (exact) mass is 191 g/mol. The number of hydrogen-bond acceptors (Lipinski definition) is 2. The fraction of sp³-hybridized carbons (Fsp3) is 0.333. The maximum Gasteiger partial charge on any atom is 0.120 e. The molecule has 0 heterocycles. The molecule has 0 amide bonds. The van der Waals surface area contributed by atoms with Gasteiger partial charge in [0.15, 0.2) is 0 Å². The Bertz CT molecular complexity index is 318. The Morgan fingerprint density at radius 3 is 2.86 bits per heavy atom. The molecule has 0 aliphatic carbocycles. The number of ether oxygens (including phenoxy) is 1. The van der Waals surface area contributed by atoms with Crippen LogP contribution >= 0.6 is 0 Å². The van der Waals surface area contributed by atoms with E-state index in [4.69, 9.17) is 10.5 Å². The molecule has 0 aromatic heterocycles. The molecule has 0 unspecified atom stereocenters. The molecule has 1 rings (SSSR count). The van der Waals surface area contributed by atoms with Gasteiger partial charge in [-0.05, 0) is 37.1 Å². The molecule has 0 aliphatic heterocycles. The minimum absolute atomic E-state index is 0.0448. The zero-order chi connectivity index (χ0) is 10.6. The molecular formula is C12H17NO. The van der Waals surface area contributed by atoms with E-state index in [-0.39, 0.29) is 6.04 Å². The first-order chi connectivity index (χ1) is 6.59. The lowest BCUT2D eigenvalue weighted by molar-refractivity contribution is 0.352. The molecule has 0 aliphatic rings. The van der Waals surface area contributed by atoms with Crippen LogP contribution in [-0.4, -0.2) is 6.61 Å². The normalized spacial score (nSPS) is 12.2. The molecule has 2 heteroatoms. The van der Waals surface area contributed by atoms with E-state index in [0.29, 0.717) is 6.61 Å². The second-order valence-electron chi connectivity index (χ2n) is 3.61. The maximum absolute atomic E-state index is 5.77. The highest BCUT2D eigenvalue weighted by molar-refractivity contribution is 5.30. The third kappa shape index (κ3) is 3.23. The van der Waals surface area contributed by atoms with Crippen molar-refractivity contribution < 1.29 is 4.74 Å². The second-order valence-corrected chi connectivity index (χ2v) is 3.61. The molecule has 2 nitrogen and oxygen atoms in total. The van der Waals surface area contributed by atoms with E-state index in [1.54, 1.807) is 0 Å². The van der Waals surface area contributed by atoms with E-state index in [1.807, 2.05) is 38.1 Å². The third-order valence-electron chi connectivity index (χ3n) is 1.87. The van der Waals surface area contributed by atoms with E-state index in [2.05, 4.69) is 6.58 Å². The SMILES string of the molecule is C=C(C)COc1cccc([C@@H](C)N)c1. The van der Waals surface area contributed by atoms with Gasteiger partial charge in [0, 0.05) is 6.04 Å². The van der Waals surface area contributed by atoms with Crippen molar-refractivity contribution in [3.63, 3.8) is 0 Å². The minimum Gasteiger partial charge on any atom is -0.489 e. The number of benzene rings is 1. The van der Waals surface area contributed by atoms with Gasteiger partial charge in [-0.1, -0.05) is 18.7 Å². The van der Waals surface area contributed by atoms with Crippen LogP contribution in [0, 0.1) is 0 Å². The van der Waals surface area contributed by atoms with Crippen LogP contribution in [0.4, 0.5) is 0 Å². The lowest BCUT2D eigenvalue weighted by Crippen LogP contribution is -2.05. The quantitative estimate of drug-likeness (QED) is 0.742. The van der Waals surface area contributed by atoms with Crippen molar-refractivity contribution in [1.29, 1.82) is 0 Å². The van der Waals surface area contributed by atoms with Crippen LogP contribution in [0.5, 0.6) is 5.75 Å². The Kier molecular flexibility index (Phi) is 3.72. The first kappa shape index (κ1) is 10.8. The third-order valence-corrected chi connectivity index (χ3v) is 1.87. The summed E-state index contributed by atoms with van der Waals surface area (Å²) in [6.07, 6.45) is 0. The first-order valence-corrected chi connectivity index (χ1v) is 4.72. The molecule has 1 aromatic carbocycles. The highest BCUT2D eigenvalue weighted by Gasteiger charge is 2.00. The summed E-state index contributed by atoms with van der Waals surface area (Å²) >= 11 is 0. The van der Waals surface area contributed by atoms with Crippen molar-refractivity contribution in [3.8, 4) is 5.75 Å². The second kappa shape index (κ2) is 4.82. The van der Waals surface area contributed by atoms with Gasteiger partial charge in [-0.25, -0.2) is 0 Å². The molecule has 14 heavy (non-hydrogen) atoms. The van der Waals surface area contributed by atoms with Gasteiger partial charge >= 0.3 is 0 Å². The van der Waals surface area contributed by atoms with Crippen LogP contribution in [0.1, 0.15) is 25.5 Å². The Labute approximate surface area is 85.4 Å². The average molecular weight is 191 g/mol. The molecule has 1 aromatic rings. The van der Waals surface area contributed by atoms with Crippen LogP contribution in [0.25, 0.3) is 0 Å². The van der Waals surface area contributed by atoms with E-state index in [1.165, 1.54) is 0 Å². The van der Waals surface area contributed by atoms with Gasteiger partial charge in [0.1, 0.15) is 12.4 Å². The smallest absolute Gasteiger partial charge is 0.120 e. The predicted molar refractivity (Wildman–Crippen MR) is 59.4 cm³/mol. The fourth-order valence-corrected chi connectivity index (χ4v) is 1.09. The Hall–Kier alpha value is -1.28. The van der Waals surface area contributed by atoms with Gasteiger partial charge < -0.3 is 10.5 Å². The van der Waals surface area contributed by atoms with Gasteiger partial charge in [0.2, 0.25) is 0 Å². The van der Waals surface area contributed by atoms with Crippen LogP contribution in [-0.2, 0) is 0 Å². The summed E-state index contributed by atoms with van der Waals surface area (Å²) in [5.74, 6) is 0.850. The van der Waals surface area contributed by atoms with Crippen LogP contribution in [0.2, 0.25) is 0 Å². The van der Waals surface area contributed by atoms with Gasteiger partial charge in [0.05, 0.1) is 0 Å². The lowest BCUT2D eigenvalue weighted by atomic mass is 10.1. The molecule has 0 bridgehead atoms. The summed E-state index contributed by atoms with van der Waals surface area (Å²) in [6, 6.07) is 7.89. The Morgan fingerprint density at radius 1 is 1.57 bits per heavy atom. The van der Waals surface area contributed by atoms with E-state index in [0.717, 1.165) is 16.9 Å².